The third-order valence-electron chi connectivity index (χ3n) is 3.09. The minimum atomic E-state index is -0.0153. The quantitative estimate of drug-likeness (QED) is 0.263. The number of aliphatic imine (C=N–C) groups is 1. The number of guanidine groups is 1. The molecule has 1 aromatic rings. The minimum absolute atomic E-state index is 0. The van der Waals surface area contributed by atoms with Crippen LogP contribution in [0.4, 0.5) is 0 Å². The van der Waals surface area contributed by atoms with Crippen molar-refractivity contribution in [3.05, 3.63) is 30.3 Å². The summed E-state index contributed by atoms with van der Waals surface area (Å²) in [6.45, 7) is 4.40. The highest BCUT2D eigenvalue weighted by Gasteiger charge is 2.03. The average molecular weight is 448 g/mol. The van der Waals surface area contributed by atoms with E-state index in [2.05, 4.69) is 15.6 Å². The van der Waals surface area contributed by atoms with Crippen LogP contribution in [0.5, 0.6) is 5.75 Å². The third kappa shape index (κ3) is 10.3. The summed E-state index contributed by atoms with van der Waals surface area (Å²) in [5, 5.41) is 6.36. The summed E-state index contributed by atoms with van der Waals surface area (Å²) < 4.78 is 5.64. The van der Waals surface area contributed by atoms with Gasteiger partial charge in [-0.3, -0.25) is 4.79 Å². The first kappa shape index (κ1) is 22.5. The Hall–Kier alpha value is -1.51. The first-order valence-electron chi connectivity index (χ1n) is 8.03. The van der Waals surface area contributed by atoms with Crippen molar-refractivity contribution in [3.8, 4) is 5.75 Å². The normalized spacial score (nSPS) is 10.5. The number of carbonyl (C=O) groups excluding carboxylic acids is 1. The Morgan fingerprint density at radius 2 is 1.88 bits per heavy atom. The van der Waals surface area contributed by atoms with Crippen molar-refractivity contribution in [2.45, 2.75) is 19.8 Å². The Morgan fingerprint density at radius 3 is 2.50 bits per heavy atom. The third-order valence-corrected chi connectivity index (χ3v) is 3.09. The molecule has 1 rings (SSSR count). The molecule has 136 valence electrons. The van der Waals surface area contributed by atoms with E-state index in [0.29, 0.717) is 12.6 Å². The molecule has 1 amide bonds. The highest BCUT2D eigenvalue weighted by molar-refractivity contribution is 14.0. The molecule has 0 atom stereocenters. The summed E-state index contributed by atoms with van der Waals surface area (Å²) in [6, 6.07) is 9.81. The first-order chi connectivity index (χ1) is 11.1. The molecule has 0 radical (unpaired) electrons. The molecule has 0 aromatic heterocycles. The number of hydrogen-bond donors (Lipinski definition) is 2. The fraction of sp³-hybridized carbons (Fsp3) is 0.529. The van der Waals surface area contributed by atoms with Gasteiger partial charge in [0.2, 0.25) is 5.91 Å². The number of ether oxygens (including phenoxy) is 1. The number of amides is 1. The van der Waals surface area contributed by atoms with E-state index in [-0.39, 0.29) is 36.4 Å². The summed E-state index contributed by atoms with van der Waals surface area (Å²) in [4.78, 5) is 17.4. The highest BCUT2D eigenvalue weighted by Crippen LogP contribution is 2.08. The average Bonchev–Trinajstić information content (AvgIpc) is 2.56. The zero-order valence-electron chi connectivity index (χ0n) is 14.7. The molecule has 0 aliphatic rings. The summed E-state index contributed by atoms with van der Waals surface area (Å²) in [5.41, 5.74) is 0. The number of likely N-dealkylation sites (N-methyl/N-ethyl adjacent to an activating group) is 1. The van der Waals surface area contributed by atoms with Crippen LogP contribution in [0.25, 0.3) is 0 Å². The molecule has 0 aliphatic heterocycles. The molecule has 1 aromatic carbocycles. The molecule has 0 fully saturated rings. The largest absolute Gasteiger partial charge is 0.494 e. The van der Waals surface area contributed by atoms with E-state index in [1.165, 1.54) is 4.90 Å². The smallest absolute Gasteiger partial charge is 0.243 e. The molecule has 24 heavy (non-hydrogen) atoms. The van der Waals surface area contributed by atoms with Crippen LogP contribution in [0, 0.1) is 0 Å². The van der Waals surface area contributed by atoms with Crippen molar-refractivity contribution in [1.29, 1.82) is 0 Å². The summed E-state index contributed by atoms with van der Waals surface area (Å²) in [5.74, 6) is 1.56. The Morgan fingerprint density at radius 1 is 1.17 bits per heavy atom. The molecule has 0 bridgehead atoms. The summed E-state index contributed by atoms with van der Waals surface area (Å²) >= 11 is 0. The number of benzene rings is 1. The van der Waals surface area contributed by atoms with Gasteiger partial charge < -0.3 is 20.3 Å². The molecule has 2 N–H and O–H groups in total. The van der Waals surface area contributed by atoms with Gasteiger partial charge in [-0.2, -0.15) is 0 Å². The van der Waals surface area contributed by atoms with Gasteiger partial charge in [0, 0.05) is 27.2 Å². The molecule has 7 heteroatoms. The maximum atomic E-state index is 11.5. The van der Waals surface area contributed by atoms with E-state index >= 15 is 0 Å². The summed E-state index contributed by atoms with van der Waals surface area (Å²) in [7, 11) is 3.45. The lowest BCUT2D eigenvalue weighted by atomic mass is 10.3. The first-order valence-corrected chi connectivity index (χ1v) is 8.03. The van der Waals surface area contributed by atoms with Crippen LogP contribution in [-0.2, 0) is 4.79 Å². The van der Waals surface area contributed by atoms with Gasteiger partial charge in [-0.1, -0.05) is 18.2 Å². The number of carbonyl (C=O) groups is 1. The van der Waals surface area contributed by atoms with Crippen LogP contribution in [0.15, 0.2) is 35.3 Å². The number of nitrogens with zero attached hydrogens (tertiary/aromatic N) is 2. The molecule has 0 saturated carbocycles. The lowest BCUT2D eigenvalue weighted by Crippen LogP contribution is -2.38. The van der Waals surface area contributed by atoms with E-state index in [1.54, 1.807) is 14.1 Å². The van der Waals surface area contributed by atoms with Crippen molar-refractivity contribution < 1.29 is 9.53 Å². The molecule has 0 spiro atoms. The molecular weight excluding hydrogens is 419 g/mol. The van der Waals surface area contributed by atoms with Crippen LogP contribution in [0.1, 0.15) is 19.8 Å². The Balaban J connectivity index is 0.00000529. The molecule has 0 heterocycles. The number of rotatable bonds is 9. The van der Waals surface area contributed by atoms with E-state index in [0.717, 1.165) is 31.7 Å². The van der Waals surface area contributed by atoms with Gasteiger partial charge in [-0.25, -0.2) is 4.99 Å². The second-order valence-electron chi connectivity index (χ2n) is 5.28. The lowest BCUT2D eigenvalue weighted by molar-refractivity contribution is -0.127. The fourth-order valence-corrected chi connectivity index (χ4v) is 1.77. The zero-order chi connectivity index (χ0) is 16.9. The Labute approximate surface area is 162 Å². The van der Waals surface area contributed by atoms with Gasteiger partial charge >= 0.3 is 0 Å². The van der Waals surface area contributed by atoms with E-state index in [4.69, 9.17) is 4.74 Å². The molecule has 0 unspecified atom stereocenters. The van der Waals surface area contributed by atoms with Crippen molar-refractivity contribution in [1.82, 2.24) is 15.5 Å². The second-order valence-corrected chi connectivity index (χ2v) is 5.28. The minimum Gasteiger partial charge on any atom is -0.494 e. The number of unbranched alkanes of at least 4 members (excludes halogenated alkanes) is 1. The van der Waals surface area contributed by atoms with Crippen molar-refractivity contribution in [2.75, 3.05) is 40.3 Å². The van der Waals surface area contributed by atoms with Gasteiger partial charge in [0.1, 0.15) is 12.3 Å². The lowest BCUT2D eigenvalue weighted by Gasteiger charge is -2.12. The van der Waals surface area contributed by atoms with E-state index < -0.39 is 0 Å². The van der Waals surface area contributed by atoms with Gasteiger partial charge in [-0.05, 0) is 31.9 Å². The Bertz CT molecular complexity index is 481. The van der Waals surface area contributed by atoms with Crippen molar-refractivity contribution in [2.24, 2.45) is 4.99 Å². The maximum Gasteiger partial charge on any atom is 0.243 e. The number of hydrogen-bond acceptors (Lipinski definition) is 3. The monoisotopic (exact) mass is 448 g/mol. The number of nitrogens with one attached hydrogen (secondary N) is 2. The van der Waals surface area contributed by atoms with Crippen molar-refractivity contribution >= 4 is 35.8 Å². The zero-order valence-corrected chi connectivity index (χ0v) is 17.1. The predicted octanol–water partition coefficient (Wildman–Crippen LogP) is 2.11. The van der Waals surface area contributed by atoms with Gasteiger partial charge in [0.15, 0.2) is 5.96 Å². The van der Waals surface area contributed by atoms with Crippen LogP contribution in [0.2, 0.25) is 0 Å². The predicted molar refractivity (Wildman–Crippen MR) is 109 cm³/mol. The van der Waals surface area contributed by atoms with Gasteiger partial charge in [-0.15, -0.1) is 24.0 Å². The number of para-hydroxylation sites is 1. The second kappa shape index (κ2) is 13.9. The Kier molecular flexibility index (Phi) is 13.0. The maximum absolute atomic E-state index is 11.5. The topological polar surface area (TPSA) is 66.0 Å². The molecule has 6 nitrogen and oxygen atoms in total. The van der Waals surface area contributed by atoms with Crippen LogP contribution >= 0.6 is 24.0 Å². The summed E-state index contributed by atoms with van der Waals surface area (Å²) in [6.07, 6.45) is 1.93. The SMILES string of the molecule is CCNC(=NCC(=O)N(C)C)NCCCCOc1ccccc1.I. The fourth-order valence-electron chi connectivity index (χ4n) is 1.77. The molecule has 0 saturated heterocycles. The van der Waals surface area contributed by atoms with Gasteiger partial charge in [0.05, 0.1) is 6.61 Å². The van der Waals surface area contributed by atoms with Crippen LogP contribution < -0.4 is 15.4 Å². The standard InChI is InChI=1S/C17H28N4O2.HI/c1-4-18-17(20-14-16(22)21(2)3)19-12-8-9-13-23-15-10-6-5-7-11-15;/h5-7,10-11H,4,8-9,12-14H2,1-3H3,(H2,18,19,20);1H. The highest BCUT2D eigenvalue weighted by atomic mass is 127. The molecule has 0 aliphatic carbocycles. The van der Waals surface area contributed by atoms with Crippen LogP contribution in [0.3, 0.4) is 0 Å². The van der Waals surface area contributed by atoms with Crippen molar-refractivity contribution in [3.63, 3.8) is 0 Å². The number of halogens is 1. The van der Waals surface area contributed by atoms with E-state index in [9.17, 15) is 4.79 Å². The van der Waals surface area contributed by atoms with Gasteiger partial charge in [0.25, 0.3) is 0 Å². The van der Waals surface area contributed by atoms with E-state index in [1.807, 2.05) is 37.3 Å². The van der Waals surface area contributed by atoms with Crippen LogP contribution in [-0.4, -0.2) is 57.1 Å². The molecular formula is C17H29IN4O2.